The summed E-state index contributed by atoms with van der Waals surface area (Å²) >= 11 is 1.21. The molecule has 178 valence electrons. The molecule has 1 aliphatic heterocycles. The summed E-state index contributed by atoms with van der Waals surface area (Å²) in [5.41, 5.74) is 1.92. The minimum atomic E-state index is -0.442. The van der Waals surface area contributed by atoms with E-state index in [-0.39, 0.29) is 17.2 Å². The average molecular weight is 489 g/mol. The first-order valence-corrected chi connectivity index (χ1v) is 12.5. The smallest absolute Gasteiger partial charge is 0.266 e. The Morgan fingerprint density at radius 3 is 2.43 bits per heavy atom. The maximum atomic E-state index is 13.9. The minimum Gasteiger partial charge on any atom is -0.339 e. The number of carbonyl (C=O) groups is 1. The van der Waals surface area contributed by atoms with Crippen molar-refractivity contribution in [3.8, 4) is 5.69 Å². The van der Waals surface area contributed by atoms with E-state index >= 15 is 0 Å². The van der Waals surface area contributed by atoms with Crippen LogP contribution in [-0.4, -0.2) is 57.2 Å². The van der Waals surface area contributed by atoms with Crippen molar-refractivity contribution < 1.29 is 9.18 Å². The van der Waals surface area contributed by atoms with Crippen LogP contribution in [0, 0.1) is 5.82 Å². The maximum Gasteiger partial charge on any atom is 0.266 e. The van der Waals surface area contributed by atoms with Crippen LogP contribution in [0.15, 0.2) is 88.8 Å². The van der Waals surface area contributed by atoms with Gasteiger partial charge in [-0.3, -0.25) is 19.1 Å². The summed E-state index contributed by atoms with van der Waals surface area (Å²) in [5.74, 6) is -0.288. The molecule has 1 amide bonds. The quantitative estimate of drug-likeness (QED) is 0.304. The lowest BCUT2D eigenvalue weighted by atomic mass is 10.2. The number of thioether (sulfide) groups is 1. The predicted molar refractivity (Wildman–Crippen MR) is 136 cm³/mol. The Hall–Kier alpha value is -3.49. The second kappa shape index (κ2) is 10.4. The number of piperazine rings is 1. The van der Waals surface area contributed by atoms with E-state index in [9.17, 15) is 14.0 Å². The molecule has 1 fully saturated rings. The minimum absolute atomic E-state index is 0.00237. The predicted octanol–water partition coefficient (Wildman–Crippen LogP) is 3.96. The van der Waals surface area contributed by atoms with Crippen LogP contribution in [0.25, 0.3) is 16.6 Å². The first kappa shape index (κ1) is 23.3. The highest BCUT2D eigenvalue weighted by Gasteiger charge is 2.22. The number of amides is 1. The third kappa shape index (κ3) is 5.28. The van der Waals surface area contributed by atoms with Crippen molar-refractivity contribution in [2.75, 3.05) is 31.9 Å². The number of carbonyl (C=O) groups excluding carboxylic acids is 1. The van der Waals surface area contributed by atoms with Crippen molar-refractivity contribution in [2.24, 2.45) is 0 Å². The normalized spacial score (nSPS) is 14.4. The molecule has 6 nitrogen and oxygen atoms in total. The molecule has 4 aromatic rings. The maximum absolute atomic E-state index is 13.9. The van der Waals surface area contributed by atoms with Gasteiger partial charge in [-0.15, -0.1) is 0 Å². The fourth-order valence-corrected chi connectivity index (χ4v) is 5.18. The van der Waals surface area contributed by atoms with E-state index in [0.29, 0.717) is 34.8 Å². The molecule has 0 aliphatic carbocycles. The Balaban J connectivity index is 1.30. The van der Waals surface area contributed by atoms with E-state index in [1.807, 2.05) is 29.2 Å². The second-order valence-corrected chi connectivity index (χ2v) is 9.41. The fraction of sp³-hybridized carbons (Fsp3) is 0.222. The summed E-state index contributed by atoms with van der Waals surface area (Å²) in [6.07, 6.45) is 0. The molecule has 1 aliphatic rings. The zero-order chi connectivity index (χ0) is 24.2. The molecule has 5 rings (SSSR count). The zero-order valence-corrected chi connectivity index (χ0v) is 20.0. The number of benzene rings is 3. The van der Waals surface area contributed by atoms with Crippen LogP contribution in [0.2, 0.25) is 0 Å². The molecule has 2 heterocycles. The molecule has 0 bridgehead atoms. The van der Waals surface area contributed by atoms with Crippen molar-refractivity contribution in [1.82, 2.24) is 19.4 Å². The van der Waals surface area contributed by atoms with Crippen molar-refractivity contribution in [3.63, 3.8) is 0 Å². The number of hydrogen-bond donors (Lipinski definition) is 0. The highest BCUT2D eigenvalue weighted by molar-refractivity contribution is 7.99. The van der Waals surface area contributed by atoms with E-state index in [1.165, 1.54) is 34.0 Å². The summed E-state index contributed by atoms with van der Waals surface area (Å²) in [6, 6.07) is 23.2. The lowest BCUT2D eigenvalue weighted by molar-refractivity contribution is -0.130. The summed E-state index contributed by atoms with van der Waals surface area (Å²) in [5, 5.41) is 0.817. The van der Waals surface area contributed by atoms with Crippen molar-refractivity contribution in [3.05, 3.63) is 101 Å². The Morgan fingerprint density at radius 2 is 1.66 bits per heavy atom. The van der Waals surface area contributed by atoms with Gasteiger partial charge in [-0.25, -0.2) is 9.37 Å². The molecule has 3 aromatic carbocycles. The molecule has 35 heavy (non-hydrogen) atoms. The van der Waals surface area contributed by atoms with Gasteiger partial charge >= 0.3 is 0 Å². The largest absolute Gasteiger partial charge is 0.339 e. The van der Waals surface area contributed by atoms with Gasteiger partial charge in [-0.2, -0.15) is 0 Å². The topological polar surface area (TPSA) is 58.4 Å². The molecule has 1 aromatic heterocycles. The number of aromatic nitrogens is 2. The molecule has 1 saturated heterocycles. The van der Waals surface area contributed by atoms with E-state index < -0.39 is 5.82 Å². The molecule has 0 spiro atoms. The van der Waals surface area contributed by atoms with Crippen LogP contribution in [0.4, 0.5) is 4.39 Å². The van der Waals surface area contributed by atoms with Crippen LogP contribution in [0.5, 0.6) is 0 Å². The lowest BCUT2D eigenvalue weighted by Gasteiger charge is -2.34. The molecule has 8 heteroatoms. The Labute approximate surface area is 207 Å². The molecular formula is C27H25FN4O2S. The SMILES string of the molecule is O=C(CSc1nc2ccccc2c(=O)n1-c1cccc(F)c1)N1CCN(Cc2ccccc2)CC1. The van der Waals surface area contributed by atoms with Gasteiger partial charge in [0.2, 0.25) is 5.91 Å². The summed E-state index contributed by atoms with van der Waals surface area (Å²) in [4.78, 5) is 35.1. The van der Waals surface area contributed by atoms with Crippen molar-refractivity contribution >= 4 is 28.6 Å². The monoisotopic (exact) mass is 488 g/mol. The Morgan fingerprint density at radius 1 is 0.914 bits per heavy atom. The third-order valence-electron chi connectivity index (χ3n) is 6.11. The van der Waals surface area contributed by atoms with E-state index in [2.05, 4.69) is 22.0 Å². The molecule has 0 saturated carbocycles. The summed E-state index contributed by atoms with van der Waals surface area (Å²) < 4.78 is 15.3. The molecule has 0 unspecified atom stereocenters. The van der Waals surface area contributed by atoms with Crippen LogP contribution in [0.3, 0.4) is 0 Å². The van der Waals surface area contributed by atoms with Crippen molar-refractivity contribution in [2.45, 2.75) is 11.7 Å². The standard InChI is InChI=1S/C27H25FN4O2S/c28-21-9-6-10-22(17-21)32-26(34)23-11-4-5-12-24(23)29-27(32)35-19-25(33)31-15-13-30(14-16-31)18-20-7-2-1-3-8-20/h1-12,17H,13-16,18-19H2. The first-order chi connectivity index (χ1) is 17.1. The number of halogens is 1. The second-order valence-electron chi connectivity index (χ2n) is 8.46. The molecular weight excluding hydrogens is 463 g/mol. The average Bonchev–Trinajstić information content (AvgIpc) is 2.88. The van der Waals surface area contributed by atoms with E-state index in [0.717, 1.165) is 19.6 Å². The number of rotatable bonds is 6. The summed E-state index contributed by atoms with van der Waals surface area (Å²) in [6.45, 7) is 3.82. The van der Waals surface area contributed by atoms with Gasteiger partial charge in [0.05, 0.1) is 22.3 Å². The van der Waals surface area contributed by atoms with Crippen molar-refractivity contribution in [1.29, 1.82) is 0 Å². The van der Waals surface area contributed by atoms with Crippen LogP contribution < -0.4 is 5.56 Å². The van der Waals surface area contributed by atoms with Gasteiger partial charge in [0.25, 0.3) is 5.56 Å². The fourth-order valence-electron chi connectivity index (χ4n) is 4.27. The highest BCUT2D eigenvalue weighted by atomic mass is 32.2. The lowest BCUT2D eigenvalue weighted by Crippen LogP contribution is -2.48. The van der Waals surface area contributed by atoms with E-state index in [1.54, 1.807) is 30.3 Å². The first-order valence-electron chi connectivity index (χ1n) is 11.5. The zero-order valence-electron chi connectivity index (χ0n) is 19.1. The van der Waals surface area contributed by atoms with E-state index in [4.69, 9.17) is 0 Å². The Kier molecular flexibility index (Phi) is 6.92. The van der Waals surface area contributed by atoms with Gasteiger partial charge < -0.3 is 4.90 Å². The van der Waals surface area contributed by atoms with Gasteiger partial charge in [-0.05, 0) is 35.9 Å². The molecule has 0 atom stereocenters. The number of para-hydroxylation sites is 1. The number of hydrogen-bond acceptors (Lipinski definition) is 5. The Bertz CT molecular complexity index is 1400. The number of fused-ring (bicyclic) bond motifs is 1. The highest BCUT2D eigenvalue weighted by Crippen LogP contribution is 2.22. The van der Waals surface area contributed by atoms with Gasteiger partial charge in [0.15, 0.2) is 5.16 Å². The van der Waals surface area contributed by atoms with Crippen LogP contribution >= 0.6 is 11.8 Å². The van der Waals surface area contributed by atoms with Gasteiger partial charge in [0, 0.05) is 32.7 Å². The molecule has 0 radical (unpaired) electrons. The van der Waals surface area contributed by atoms with Crippen LogP contribution in [-0.2, 0) is 11.3 Å². The third-order valence-corrected chi connectivity index (χ3v) is 7.03. The van der Waals surface area contributed by atoms with Gasteiger partial charge in [0.1, 0.15) is 5.82 Å². The summed E-state index contributed by atoms with van der Waals surface area (Å²) in [7, 11) is 0. The van der Waals surface area contributed by atoms with Crippen LogP contribution in [0.1, 0.15) is 5.56 Å². The number of nitrogens with zero attached hydrogens (tertiary/aromatic N) is 4. The van der Waals surface area contributed by atoms with Gasteiger partial charge in [-0.1, -0.05) is 60.3 Å². The molecule has 0 N–H and O–H groups in total.